The topological polar surface area (TPSA) is 88.8 Å². The van der Waals surface area contributed by atoms with E-state index >= 15 is 0 Å². The standard InChI is InChI=1S/C19H21F3N4O4/c1-18(2,3)29-17(28)26-9-8-25(14(27)11-26)10-12-4-6-13(7-5-12)15-23-16(30-24-15)19(20,21)22/h4-7H,8-11H2,1-3H3. The van der Waals surface area contributed by atoms with Crippen molar-refractivity contribution >= 4 is 12.0 Å². The fourth-order valence-corrected chi connectivity index (χ4v) is 2.79. The molecular formula is C19H21F3N4O4. The zero-order valence-corrected chi connectivity index (χ0v) is 16.7. The molecule has 1 aliphatic heterocycles. The van der Waals surface area contributed by atoms with Crippen LogP contribution >= 0.6 is 0 Å². The molecule has 1 aromatic carbocycles. The molecule has 162 valence electrons. The van der Waals surface area contributed by atoms with E-state index in [0.717, 1.165) is 5.56 Å². The van der Waals surface area contributed by atoms with Crippen LogP contribution in [-0.4, -0.2) is 57.2 Å². The summed E-state index contributed by atoms with van der Waals surface area (Å²) in [4.78, 5) is 30.8. The van der Waals surface area contributed by atoms with Crippen molar-refractivity contribution in [3.05, 3.63) is 35.7 Å². The highest BCUT2D eigenvalue weighted by molar-refractivity contribution is 5.83. The number of carbonyl (C=O) groups excluding carboxylic acids is 2. The molecule has 1 saturated heterocycles. The molecule has 0 unspecified atom stereocenters. The lowest BCUT2D eigenvalue weighted by atomic mass is 10.1. The zero-order valence-electron chi connectivity index (χ0n) is 16.7. The molecular weight excluding hydrogens is 405 g/mol. The molecule has 1 aromatic heterocycles. The monoisotopic (exact) mass is 426 g/mol. The average Bonchev–Trinajstić information content (AvgIpc) is 3.13. The Labute approximate surface area is 170 Å². The van der Waals surface area contributed by atoms with Gasteiger partial charge in [0.15, 0.2) is 0 Å². The minimum atomic E-state index is -4.70. The van der Waals surface area contributed by atoms with Crippen LogP contribution < -0.4 is 0 Å². The number of hydrogen-bond donors (Lipinski definition) is 0. The van der Waals surface area contributed by atoms with Crippen molar-refractivity contribution in [3.8, 4) is 11.4 Å². The summed E-state index contributed by atoms with van der Waals surface area (Å²) in [5.41, 5.74) is 0.495. The number of benzene rings is 1. The maximum atomic E-state index is 12.6. The Hall–Kier alpha value is -3.11. The first-order valence-electron chi connectivity index (χ1n) is 9.18. The van der Waals surface area contributed by atoms with Crippen molar-refractivity contribution in [2.24, 2.45) is 0 Å². The maximum absolute atomic E-state index is 12.6. The van der Waals surface area contributed by atoms with Gasteiger partial charge in [0.2, 0.25) is 11.7 Å². The molecule has 0 radical (unpaired) electrons. The Balaban J connectivity index is 1.59. The summed E-state index contributed by atoms with van der Waals surface area (Å²) in [5.74, 6) is -1.80. The molecule has 0 atom stereocenters. The number of hydrogen-bond acceptors (Lipinski definition) is 6. The minimum absolute atomic E-state index is 0.0733. The van der Waals surface area contributed by atoms with Gasteiger partial charge in [0.25, 0.3) is 0 Å². The molecule has 0 spiro atoms. The van der Waals surface area contributed by atoms with Crippen molar-refractivity contribution in [1.29, 1.82) is 0 Å². The average molecular weight is 426 g/mol. The fourth-order valence-electron chi connectivity index (χ4n) is 2.79. The molecule has 0 saturated carbocycles. The molecule has 2 aromatic rings. The maximum Gasteiger partial charge on any atom is 0.471 e. The summed E-state index contributed by atoms with van der Waals surface area (Å²) >= 11 is 0. The van der Waals surface area contributed by atoms with Crippen LogP contribution in [-0.2, 0) is 22.3 Å². The quantitative estimate of drug-likeness (QED) is 0.748. The Kier molecular flexibility index (Phi) is 5.73. The Morgan fingerprint density at radius 3 is 2.37 bits per heavy atom. The van der Waals surface area contributed by atoms with E-state index in [1.54, 1.807) is 49.9 Å². The van der Waals surface area contributed by atoms with Crippen molar-refractivity contribution in [2.45, 2.75) is 39.1 Å². The molecule has 8 nitrogen and oxygen atoms in total. The Morgan fingerprint density at radius 2 is 1.83 bits per heavy atom. The molecule has 0 N–H and O–H groups in total. The van der Waals surface area contributed by atoms with Gasteiger partial charge >= 0.3 is 18.2 Å². The third-order valence-electron chi connectivity index (χ3n) is 4.22. The lowest BCUT2D eigenvalue weighted by Crippen LogP contribution is -2.52. The second kappa shape index (κ2) is 7.96. The molecule has 11 heteroatoms. The van der Waals surface area contributed by atoms with Crippen LogP contribution in [0.4, 0.5) is 18.0 Å². The van der Waals surface area contributed by atoms with E-state index in [1.807, 2.05) is 0 Å². The highest BCUT2D eigenvalue weighted by atomic mass is 19.4. The van der Waals surface area contributed by atoms with Crippen LogP contribution in [0, 0.1) is 0 Å². The number of amides is 2. The van der Waals surface area contributed by atoms with E-state index in [9.17, 15) is 22.8 Å². The van der Waals surface area contributed by atoms with E-state index < -0.39 is 23.8 Å². The number of nitrogens with zero attached hydrogens (tertiary/aromatic N) is 4. The summed E-state index contributed by atoms with van der Waals surface area (Å²) in [6.45, 7) is 6.19. The van der Waals surface area contributed by atoms with Crippen LogP contribution in [0.3, 0.4) is 0 Å². The highest BCUT2D eigenvalue weighted by Gasteiger charge is 2.38. The first-order valence-corrected chi connectivity index (χ1v) is 9.18. The summed E-state index contributed by atoms with van der Waals surface area (Å²) in [6, 6.07) is 6.46. The van der Waals surface area contributed by atoms with Crippen molar-refractivity contribution < 1.29 is 32.0 Å². The van der Waals surface area contributed by atoms with Gasteiger partial charge in [-0.2, -0.15) is 18.2 Å². The summed E-state index contributed by atoms with van der Waals surface area (Å²) < 4.78 is 47.2. The Bertz CT molecular complexity index is 919. The van der Waals surface area contributed by atoms with Crippen molar-refractivity contribution in [1.82, 2.24) is 19.9 Å². The zero-order chi connectivity index (χ0) is 22.1. The van der Waals surface area contributed by atoms with Crippen LogP contribution in [0.25, 0.3) is 11.4 Å². The second-order valence-electron chi connectivity index (χ2n) is 7.84. The van der Waals surface area contributed by atoms with E-state index in [0.29, 0.717) is 25.2 Å². The van der Waals surface area contributed by atoms with E-state index in [2.05, 4.69) is 14.7 Å². The van der Waals surface area contributed by atoms with Gasteiger partial charge < -0.3 is 14.2 Å². The Morgan fingerprint density at radius 1 is 1.17 bits per heavy atom. The van der Waals surface area contributed by atoms with Crippen LogP contribution in [0.1, 0.15) is 32.2 Å². The van der Waals surface area contributed by atoms with Crippen LogP contribution in [0.5, 0.6) is 0 Å². The third kappa shape index (κ3) is 5.28. The number of halogens is 3. The lowest BCUT2D eigenvalue weighted by molar-refractivity contribution is -0.159. The molecule has 30 heavy (non-hydrogen) atoms. The fraction of sp³-hybridized carbons (Fsp3) is 0.474. The minimum Gasteiger partial charge on any atom is -0.444 e. The van der Waals surface area contributed by atoms with Gasteiger partial charge in [0.1, 0.15) is 12.1 Å². The molecule has 3 rings (SSSR count). The first-order chi connectivity index (χ1) is 13.9. The van der Waals surface area contributed by atoms with Crippen molar-refractivity contribution in [3.63, 3.8) is 0 Å². The van der Waals surface area contributed by atoms with Gasteiger partial charge in [0, 0.05) is 25.2 Å². The predicted octanol–water partition coefficient (Wildman–Crippen LogP) is 3.33. The van der Waals surface area contributed by atoms with Crippen molar-refractivity contribution in [2.75, 3.05) is 19.6 Å². The van der Waals surface area contributed by atoms with Gasteiger partial charge in [-0.05, 0) is 26.3 Å². The molecule has 0 bridgehead atoms. The number of alkyl halides is 3. The number of carbonyl (C=O) groups is 2. The molecule has 1 fully saturated rings. The molecule has 2 heterocycles. The summed E-state index contributed by atoms with van der Waals surface area (Å²) in [6.07, 6.45) is -5.23. The smallest absolute Gasteiger partial charge is 0.444 e. The SMILES string of the molecule is CC(C)(C)OC(=O)N1CCN(Cc2ccc(-c3noc(C(F)(F)F)n3)cc2)C(=O)C1. The predicted molar refractivity (Wildman–Crippen MR) is 98.0 cm³/mol. The number of rotatable bonds is 3. The first kappa shape index (κ1) is 21.6. The third-order valence-corrected chi connectivity index (χ3v) is 4.22. The van der Waals surface area contributed by atoms with Gasteiger partial charge in [0.05, 0.1) is 0 Å². The summed E-state index contributed by atoms with van der Waals surface area (Å²) in [7, 11) is 0. The lowest BCUT2D eigenvalue weighted by Gasteiger charge is -2.35. The molecule has 1 aliphatic rings. The largest absolute Gasteiger partial charge is 0.471 e. The van der Waals surface area contributed by atoms with Gasteiger partial charge in [-0.1, -0.05) is 29.4 Å². The van der Waals surface area contributed by atoms with E-state index in [1.165, 1.54) is 4.90 Å². The van der Waals surface area contributed by atoms with Gasteiger partial charge in [-0.15, -0.1) is 0 Å². The van der Waals surface area contributed by atoms with Gasteiger partial charge in [-0.3, -0.25) is 9.69 Å². The van der Waals surface area contributed by atoms with Crippen LogP contribution in [0.2, 0.25) is 0 Å². The van der Waals surface area contributed by atoms with Crippen LogP contribution in [0.15, 0.2) is 28.8 Å². The number of piperazine rings is 1. The molecule has 2 amide bonds. The molecule has 0 aliphatic carbocycles. The van der Waals surface area contributed by atoms with E-state index in [4.69, 9.17) is 4.74 Å². The second-order valence-corrected chi connectivity index (χ2v) is 7.84. The summed E-state index contributed by atoms with van der Waals surface area (Å²) in [5, 5.41) is 3.34. The highest BCUT2D eigenvalue weighted by Crippen LogP contribution is 2.29. The van der Waals surface area contributed by atoms with E-state index in [-0.39, 0.29) is 18.3 Å². The van der Waals surface area contributed by atoms with Gasteiger partial charge in [-0.25, -0.2) is 4.79 Å². The normalized spacial score (nSPS) is 15.5. The number of ether oxygens (including phenoxy) is 1. The number of aromatic nitrogens is 2.